The second kappa shape index (κ2) is 7.61. The second-order valence-electron chi connectivity index (χ2n) is 7.41. The Bertz CT molecular complexity index is 934. The van der Waals surface area contributed by atoms with Crippen molar-refractivity contribution in [2.75, 3.05) is 17.7 Å². The third kappa shape index (κ3) is 4.53. The minimum absolute atomic E-state index is 0.00180. The van der Waals surface area contributed by atoms with Crippen molar-refractivity contribution < 1.29 is 4.74 Å². The first-order valence-corrected chi connectivity index (χ1v) is 8.85. The fourth-order valence-corrected chi connectivity index (χ4v) is 2.84. The number of hydrogen-bond donors (Lipinski definition) is 2. The molecule has 0 aliphatic heterocycles. The Morgan fingerprint density at radius 2 is 1.74 bits per heavy atom. The Kier molecular flexibility index (Phi) is 5.26. The standard InChI is InChI=1S/C21H25N5O/c1-14-10-11-18(27-5)17(12-14)23-19-13-22-26-20(25-19)24-16-9-7-6-8-15(16)21(2,3)4/h6-13H,1-5H3,(H2,23,24,25,26). The van der Waals surface area contributed by atoms with Crippen LogP contribution in [-0.4, -0.2) is 22.3 Å². The zero-order chi connectivity index (χ0) is 19.4. The monoisotopic (exact) mass is 363 g/mol. The largest absolute Gasteiger partial charge is 0.495 e. The summed E-state index contributed by atoms with van der Waals surface area (Å²) >= 11 is 0. The van der Waals surface area contributed by atoms with Gasteiger partial charge in [-0.3, -0.25) is 0 Å². The van der Waals surface area contributed by atoms with Crippen molar-refractivity contribution in [3.63, 3.8) is 0 Å². The molecule has 0 amide bonds. The number of para-hydroxylation sites is 1. The molecule has 1 heterocycles. The van der Waals surface area contributed by atoms with E-state index in [0.717, 1.165) is 22.7 Å². The Labute approximate surface area is 160 Å². The SMILES string of the molecule is COc1ccc(C)cc1Nc1cnnc(Nc2ccccc2C(C)(C)C)n1. The normalized spacial score (nSPS) is 11.1. The topological polar surface area (TPSA) is 72.0 Å². The number of benzene rings is 2. The molecule has 3 rings (SSSR count). The summed E-state index contributed by atoms with van der Waals surface area (Å²) in [7, 11) is 1.64. The molecule has 140 valence electrons. The maximum Gasteiger partial charge on any atom is 0.249 e. The highest BCUT2D eigenvalue weighted by molar-refractivity contribution is 5.66. The van der Waals surface area contributed by atoms with Crippen LogP contribution in [0.15, 0.2) is 48.7 Å². The first-order chi connectivity index (χ1) is 12.9. The first-order valence-electron chi connectivity index (χ1n) is 8.85. The molecule has 0 saturated carbocycles. The van der Waals surface area contributed by atoms with E-state index in [1.54, 1.807) is 13.3 Å². The summed E-state index contributed by atoms with van der Waals surface area (Å²) in [6.45, 7) is 8.55. The first kappa shape index (κ1) is 18.6. The van der Waals surface area contributed by atoms with Gasteiger partial charge >= 0.3 is 0 Å². The number of nitrogens with one attached hydrogen (secondary N) is 2. The van der Waals surface area contributed by atoms with Crippen molar-refractivity contribution in [1.82, 2.24) is 15.2 Å². The number of nitrogens with zero attached hydrogens (tertiary/aromatic N) is 3. The van der Waals surface area contributed by atoms with Crippen LogP contribution in [0.3, 0.4) is 0 Å². The minimum atomic E-state index is 0.00180. The Morgan fingerprint density at radius 1 is 0.963 bits per heavy atom. The molecule has 0 atom stereocenters. The van der Waals surface area contributed by atoms with Gasteiger partial charge in [-0.15, -0.1) is 5.10 Å². The van der Waals surface area contributed by atoms with Crippen LogP contribution in [0.5, 0.6) is 5.75 Å². The molecule has 6 nitrogen and oxygen atoms in total. The molecule has 0 aliphatic carbocycles. The van der Waals surface area contributed by atoms with Crippen LogP contribution in [0.2, 0.25) is 0 Å². The van der Waals surface area contributed by atoms with E-state index in [0.29, 0.717) is 11.8 Å². The molecule has 0 saturated heterocycles. The minimum Gasteiger partial charge on any atom is -0.495 e. The zero-order valence-electron chi connectivity index (χ0n) is 16.4. The van der Waals surface area contributed by atoms with Gasteiger partial charge in [0.25, 0.3) is 0 Å². The van der Waals surface area contributed by atoms with Crippen molar-refractivity contribution in [1.29, 1.82) is 0 Å². The maximum atomic E-state index is 5.41. The van der Waals surface area contributed by atoms with Crippen molar-refractivity contribution in [3.05, 3.63) is 59.8 Å². The van der Waals surface area contributed by atoms with Gasteiger partial charge in [0.15, 0.2) is 5.82 Å². The molecule has 2 aromatic carbocycles. The van der Waals surface area contributed by atoms with Gasteiger partial charge in [0.1, 0.15) is 5.75 Å². The van der Waals surface area contributed by atoms with Gasteiger partial charge < -0.3 is 15.4 Å². The summed E-state index contributed by atoms with van der Waals surface area (Å²) in [5.74, 6) is 1.76. The quantitative estimate of drug-likeness (QED) is 0.666. The van der Waals surface area contributed by atoms with Crippen LogP contribution in [0, 0.1) is 6.92 Å². The van der Waals surface area contributed by atoms with Crippen LogP contribution in [0.25, 0.3) is 0 Å². The van der Waals surface area contributed by atoms with Crippen LogP contribution < -0.4 is 15.4 Å². The number of ether oxygens (including phenoxy) is 1. The van der Waals surface area contributed by atoms with Gasteiger partial charge in [-0.05, 0) is 41.7 Å². The third-order valence-electron chi connectivity index (χ3n) is 4.16. The van der Waals surface area contributed by atoms with Crippen molar-refractivity contribution in [3.8, 4) is 5.75 Å². The number of rotatable bonds is 5. The van der Waals surface area contributed by atoms with E-state index in [1.807, 2.05) is 43.3 Å². The second-order valence-corrected chi connectivity index (χ2v) is 7.41. The third-order valence-corrected chi connectivity index (χ3v) is 4.16. The van der Waals surface area contributed by atoms with Gasteiger partial charge in [0.05, 0.1) is 19.0 Å². The lowest BCUT2D eigenvalue weighted by Crippen LogP contribution is -2.14. The van der Waals surface area contributed by atoms with Gasteiger partial charge in [0, 0.05) is 5.69 Å². The predicted molar refractivity (Wildman–Crippen MR) is 109 cm³/mol. The van der Waals surface area contributed by atoms with Crippen molar-refractivity contribution in [2.24, 2.45) is 0 Å². The van der Waals surface area contributed by atoms with Crippen LogP contribution in [0.1, 0.15) is 31.9 Å². The number of methoxy groups -OCH3 is 1. The number of hydrogen-bond acceptors (Lipinski definition) is 6. The van der Waals surface area contributed by atoms with E-state index in [1.165, 1.54) is 5.56 Å². The molecular weight excluding hydrogens is 338 g/mol. The van der Waals surface area contributed by atoms with E-state index in [-0.39, 0.29) is 5.41 Å². The lowest BCUT2D eigenvalue weighted by molar-refractivity contribution is 0.416. The number of aryl methyl sites for hydroxylation is 1. The van der Waals surface area contributed by atoms with E-state index < -0.39 is 0 Å². The lowest BCUT2D eigenvalue weighted by atomic mass is 9.86. The van der Waals surface area contributed by atoms with E-state index in [4.69, 9.17) is 4.74 Å². The number of aromatic nitrogens is 3. The molecule has 0 unspecified atom stereocenters. The molecule has 0 radical (unpaired) electrons. The molecule has 0 bridgehead atoms. The van der Waals surface area contributed by atoms with Crippen LogP contribution >= 0.6 is 0 Å². The van der Waals surface area contributed by atoms with Crippen molar-refractivity contribution in [2.45, 2.75) is 33.1 Å². The van der Waals surface area contributed by atoms with E-state index in [2.05, 4.69) is 52.7 Å². The smallest absolute Gasteiger partial charge is 0.249 e. The fraction of sp³-hybridized carbons (Fsp3) is 0.286. The molecule has 0 spiro atoms. The summed E-state index contributed by atoms with van der Waals surface area (Å²) in [6.07, 6.45) is 1.59. The highest BCUT2D eigenvalue weighted by atomic mass is 16.5. The van der Waals surface area contributed by atoms with E-state index in [9.17, 15) is 0 Å². The van der Waals surface area contributed by atoms with Gasteiger partial charge in [-0.25, -0.2) is 0 Å². The Balaban J connectivity index is 1.87. The van der Waals surface area contributed by atoms with Crippen molar-refractivity contribution >= 4 is 23.1 Å². The Hall–Kier alpha value is -3.15. The summed E-state index contributed by atoms with van der Waals surface area (Å²) in [5.41, 5.74) is 4.11. The molecule has 3 aromatic rings. The summed E-state index contributed by atoms with van der Waals surface area (Å²) in [4.78, 5) is 4.54. The van der Waals surface area contributed by atoms with Gasteiger partial charge in [-0.2, -0.15) is 10.1 Å². The molecule has 2 N–H and O–H groups in total. The molecule has 27 heavy (non-hydrogen) atoms. The van der Waals surface area contributed by atoms with E-state index >= 15 is 0 Å². The van der Waals surface area contributed by atoms with Gasteiger partial charge in [-0.1, -0.05) is 45.0 Å². The summed E-state index contributed by atoms with van der Waals surface area (Å²) in [6, 6.07) is 14.1. The molecular formula is C21H25N5O. The molecule has 0 fully saturated rings. The average Bonchev–Trinajstić information content (AvgIpc) is 2.62. The molecule has 6 heteroatoms. The summed E-state index contributed by atoms with van der Waals surface area (Å²) < 4.78 is 5.41. The molecule has 1 aromatic heterocycles. The lowest BCUT2D eigenvalue weighted by Gasteiger charge is -2.22. The molecule has 0 aliphatic rings. The highest BCUT2D eigenvalue weighted by Gasteiger charge is 2.18. The van der Waals surface area contributed by atoms with Crippen LogP contribution in [-0.2, 0) is 5.41 Å². The van der Waals surface area contributed by atoms with Gasteiger partial charge in [0.2, 0.25) is 5.95 Å². The zero-order valence-corrected chi connectivity index (χ0v) is 16.4. The van der Waals surface area contributed by atoms with Crippen LogP contribution in [0.4, 0.5) is 23.1 Å². The fourth-order valence-electron chi connectivity index (χ4n) is 2.84. The Morgan fingerprint density at radius 3 is 2.48 bits per heavy atom. The number of anilines is 4. The summed E-state index contributed by atoms with van der Waals surface area (Å²) in [5, 5.41) is 14.7. The highest BCUT2D eigenvalue weighted by Crippen LogP contribution is 2.31. The predicted octanol–water partition coefficient (Wildman–Crippen LogP) is 4.97. The maximum absolute atomic E-state index is 5.41. The average molecular weight is 363 g/mol.